The van der Waals surface area contributed by atoms with Crippen molar-refractivity contribution in [3.8, 4) is 0 Å². The van der Waals surface area contributed by atoms with Gasteiger partial charge in [0.05, 0.1) is 13.2 Å². The molecule has 2 nitrogen and oxygen atoms in total. The van der Waals surface area contributed by atoms with Gasteiger partial charge in [0.25, 0.3) is 0 Å². The topological polar surface area (TPSA) is 29.5 Å². The molecule has 0 aromatic heterocycles. The van der Waals surface area contributed by atoms with E-state index in [0.717, 1.165) is 45.3 Å². The lowest BCUT2D eigenvalue weighted by Crippen LogP contribution is -2.31. The van der Waals surface area contributed by atoms with E-state index in [1.54, 1.807) is 0 Å². The van der Waals surface area contributed by atoms with Crippen molar-refractivity contribution in [1.82, 2.24) is 0 Å². The van der Waals surface area contributed by atoms with E-state index in [0.29, 0.717) is 0 Å². The number of aliphatic hydroxyl groups is 1. The molecule has 0 unspecified atom stereocenters. The van der Waals surface area contributed by atoms with Crippen molar-refractivity contribution >= 4 is 0 Å². The van der Waals surface area contributed by atoms with Gasteiger partial charge in [-0.2, -0.15) is 0 Å². The summed E-state index contributed by atoms with van der Waals surface area (Å²) in [7, 11) is 0. The van der Waals surface area contributed by atoms with Crippen LogP contribution in [-0.4, -0.2) is 24.9 Å². The Morgan fingerprint density at radius 1 is 1.00 bits per heavy atom. The number of rotatable bonds is 9. The maximum Gasteiger partial charge on any atom is 0.0544 e. The third kappa shape index (κ3) is 4.97. The Hall–Kier alpha value is -0.0800. The molecule has 0 aliphatic carbocycles. The molecule has 0 rings (SSSR count). The maximum absolute atomic E-state index is 9.46. The van der Waals surface area contributed by atoms with Gasteiger partial charge in [-0.15, -0.1) is 0 Å². The van der Waals surface area contributed by atoms with E-state index >= 15 is 0 Å². The maximum atomic E-state index is 9.46. The monoisotopic (exact) mass is 202 g/mol. The van der Waals surface area contributed by atoms with Crippen LogP contribution in [0.3, 0.4) is 0 Å². The molecule has 0 fully saturated rings. The Morgan fingerprint density at radius 2 is 1.57 bits per heavy atom. The highest BCUT2D eigenvalue weighted by atomic mass is 16.5. The first-order valence-electron chi connectivity index (χ1n) is 5.93. The third-order valence-corrected chi connectivity index (χ3v) is 2.65. The Morgan fingerprint density at radius 3 is 1.93 bits per heavy atom. The molecule has 1 N–H and O–H groups in total. The molecule has 0 radical (unpaired) electrons. The second-order valence-electron chi connectivity index (χ2n) is 4.21. The highest BCUT2D eigenvalue weighted by molar-refractivity contribution is 4.77. The van der Waals surface area contributed by atoms with Crippen molar-refractivity contribution in [2.24, 2.45) is 5.41 Å². The molecular formula is C12H26O2. The molecule has 0 saturated carbocycles. The van der Waals surface area contributed by atoms with Crippen LogP contribution in [0.5, 0.6) is 0 Å². The van der Waals surface area contributed by atoms with Gasteiger partial charge in [0, 0.05) is 12.0 Å². The van der Waals surface area contributed by atoms with E-state index in [1.807, 2.05) is 0 Å². The molecule has 0 heterocycles. The lowest BCUT2D eigenvalue weighted by Gasteiger charge is -2.31. The number of hydrogen-bond acceptors (Lipinski definition) is 2. The molecule has 14 heavy (non-hydrogen) atoms. The van der Waals surface area contributed by atoms with Gasteiger partial charge >= 0.3 is 0 Å². The van der Waals surface area contributed by atoms with Gasteiger partial charge in [0.2, 0.25) is 0 Å². The normalized spacial score (nSPS) is 12.0. The van der Waals surface area contributed by atoms with Crippen LogP contribution in [0.15, 0.2) is 0 Å². The fourth-order valence-corrected chi connectivity index (χ4v) is 1.97. The standard InChI is InChI=1S/C12H26O2/c1-4-7-12(10-13,8-5-2)11-14-9-6-3/h13H,4-11H2,1-3H3. The molecule has 0 bridgehead atoms. The molecule has 0 amide bonds. The van der Waals surface area contributed by atoms with Crippen LogP contribution in [0.1, 0.15) is 52.9 Å². The van der Waals surface area contributed by atoms with Gasteiger partial charge in [0.1, 0.15) is 0 Å². The number of aliphatic hydroxyl groups excluding tert-OH is 1. The van der Waals surface area contributed by atoms with Crippen molar-refractivity contribution in [3.05, 3.63) is 0 Å². The predicted octanol–water partition coefficient (Wildman–Crippen LogP) is 2.99. The van der Waals surface area contributed by atoms with Gasteiger partial charge in [-0.3, -0.25) is 0 Å². The van der Waals surface area contributed by atoms with E-state index in [1.165, 1.54) is 0 Å². The number of hydrogen-bond donors (Lipinski definition) is 1. The summed E-state index contributed by atoms with van der Waals surface area (Å²) in [5, 5.41) is 9.46. The largest absolute Gasteiger partial charge is 0.396 e. The van der Waals surface area contributed by atoms with E-state index in [-0.39, 0.29) is 12.0 Å². The van der Waals surface area contributed by atoms with Crippen LogP contribution in [0, 0.1) is 5.41 Å². The highest BCUT2D eigenvalue weighted by Crippen LogP contribution is 2.29. The fourth-order valence-electron chi connectivity index (χ4n) is 1.97. The molecule has 0 aromatic carbocycles. The summed E-state index contributed by atoms with van der Waals surface area (Å²) in [6, 6.07) is 0. The minimum Gasteiger partial charge on any atom is -0.396 e. The van der Waals surface area contributed by atoms with E-state index in [9.17, 15) is 5.11 Å². The Balaban J connectivity index is 4.03. The zero-order valence-corrected chi connectivity index (χ0v) is 10.0. The lowest BCUT2D eigenvalue weighted by molar-refractivity contribution is -0.00525. The van der Waals surface area contributed by atoms with Crippen LogP contribution in [0.2, 0.25) is 0 Å². The fraction of sp³-hybridized carbons (Fsp3) is 1.00. The number of ether oxygens (including phenoxy) is 1. The molecule has 0 atom stereocenters. The summed E-state index contributed by atoms with van der Waals surface area (Å²) in [6.45, 7) is 8.24. The SMILES string of the molecule is CCCOCC(CO)(CCC)CCC. The third-order valence-electron chi connectivity index (χ3n) is 2.65. The van der Waals surface area contributed by atoms with Gasteiger partial charge < -0.3 is 9.84 Å². The summed E-state index contributed by atoms with van der Waals surface area (Å²) in [6.07, 6.45) is 5.44. The first-order chi connectivity index (χ1) is 6.74. The van der Waals surface area contributed by atoms with E-state index < -0.39 is 0 Å². The minimum absolute atomic E-state index is 0.0265. The van der Waals surface area contributed by atoms with Crippen molar-refractivity contribution in [3.63, 3.8) is 0 Å². The first kappa shape index (κ1) is 13.9. The van der Waals surface area contributed by atoms with Gasteiger partial charge in [-0.25, -0.2) is 0 Å². The highest BCUT2D eigenvalue weighted by Gasteiger charge is 2.27. The lowest BCUT2D eigenvalue weighted by atomic mass is 9.81. The summed E-state index contributed by atoms with van der Waals surface area (Å²) in [5.74, 6) is 0. The second kappa shape index (κ2) is 8.25. The average Bonchev–Trinajstić information content (AvgIpc) is 2.19. The molecule has 0 aliphatic rings. The molecule has 0 saturated heterocycles. The molecule has 2 heteroatoms. The predicted molar refractivity (Wildman–Crippen MR) is 60.4 cm³/mol. The molecule has 0 aromatic rings. The molecule has 0 aliphatic heterocycles. The Kier molecular flexibility index (Phi) is 8.20. The van der Waals surface area contributed by atoms with Crippen molar-refractivity contribution in [1.29, 1.82) is 0 Å². The zero-order chi connectivity index (χ0) is 10.9. The summed E-state index contributed by atoms with van der Waals surface area (Å²) in [4.78, 5) is 0. The van der Waals surface area contributed by atoms with Crippen LogP contribution >= 0.6 is 0 Å². The molecular weight excluding hydrogens is 176 g/mol. The summed E-state index contributed by atoms with van der Waals surface area (Å²) >= 11 is 0. The van der Waals surface area contributed by atoms with Crippen LogP contribution in [-0.2, 0) is 4.74 Å². The smallest absolute Gasteiger partial charge is 0.0544 e. The molecule has 0 spiro atoms. The Labute approximate surface area is 88.7 Å². The second-order valence-corrected chi connectivity index (χ2v) is 4.21. The summed E-state index contributed by atoms with van der Waals surface area (Å²) in [5.41, 5.74) is 0.0265. The van der Waals surface area contributed by atoms with E-state index in [2.05, 4.69) is 20.8 Å². The van der Waals surface area contributed by atoms with Crippen LogP contribution in [0.25, 0.3) is 0 Å². The quantitative estimate of drug-likeness (QED) is 0.582. The Bertz CT molecular complexity index is 117. The average molecular weight is 202 g/mol. The zero-order valence-electron chi connectivity index (χ0n) is 10.0. The molecule has 86 valence electrons. The van der Waals surface area contributed by atoms with E-state index in [4.69, 9.17) is 4.74 Å². The van der Waals surface area contributed by atoms with Crippen LogP contribution in [0.4, 0.5) is 0 Å². The summed E-state index contributed by atoms with van der Waals surface area (Å²) < 4.78 is 5.58. The van der Waals surface area contributed by atoms with Crippen molar-refractivity contribution in [2.75, 3.05) is 19.8 Å². The van der Waals surface area contributed by atoms with Crippen molar-refractivity contribution in [2.45, 2.75) is 52.9 Å². The van der Waals surface area contributed by atoms with Crippen molar-refractivity contribution < 1.29 is 9.84 Å². The van der Waals surface area contributed by atoms with Gasteiger partial charge in [-0.05, 0) is 19.3 Å². The first-order valence-corrected chi connectivity index (χ1v) is 5.93. The van der Waals surface area contributed by atoms with Gasteiger partial charge in [-0.1, -0.05) is 33.6 Å². The minimum atomic E-state index is 0.0265. The van der Waals surface area contributed by atoms with Gasteiger partial charge in [0.15, 0.2) is 0 Å². The van der Waals surface area contributed by atoms with Crippen LogP contribution < -0.4 is 0 Å².